The fourth-order valence-corrected chi connectivity index (χ4v) is 4.02. The second-order valence-corrected chi connectivity index (χ2v) is 6.91. The molecule has 0 bridgehead atoms. The number of amides is 1. The minimum Gasteiger partial charge on any atom is -0.309 e. The van der Waals surface area contributed by atoms with Crippen LogP contribution in [0.1, 0.15) is 55.5 Å². The number of benzene rings is 1. The van der Waals surface area contributed by atoms with E-state index >= 15 is 0 Å². The number of rotatable bonds is 4. The molecule has 1 amide bonds. The molecule has 0 unspecified atom stereocenters. The van der Waals surface area contributed by atoms with Gasteiger partial charge in [0, 0.05) is 30.0 Å². The Kier molecular flexibility index (Phi) is 4.74. The quantitative estimate of drug-likeness (QED) is 0.848. The number of para-hydroxylation sites is 1. The average Bonchev–Trinajstić information content (AvgIpc) is 3.17. The third kappa shape index (κ3) is 2.97. The first-order valence-electron chi connectivity index (χ1n) is 8.89. The summed E-state index contributed by atoms with van der Waals surface area (Å²) in [4.78, 5) is 15.5. The van der Waals surface area contributed by atoms with Crippen LogP contribution in [0.25, 0.3) is 0 Å². The average molecular weight is 325 g/mol. The summed E-state index contributed by atoms with van der Waals surface area (Å²) >= 11 is 0. The lowest BCUT2D eigenvalue weighted by molar-refractivity contribution is -0.120. The van der Waals surface area contributed by atoms with E-state index in [4.69, 9.17) is 0 Å². The molecule has 1 fully saturated rings. The minimum absolute atomic E-state index is 0.181. The zero-order chi connectivity index (χ0) is 17.3. The van der Waals surface area contributed by atoms with E-state index in [0.717, 1.165) is 35.5 Å². The summed E-state index contributed by atoms with van der Waals surface area (Å²) in [5.74, 6) is 0.00630. The highest BCUT2D eigenvalue weighted by atomic mass is 16.2. The molecule has 128 valence electrons. The number of carbonyl (C=O) groups is 1. The molecule has 4 nitrogen and oxygen atoms in total. The molecular weight excluding hydrogens is 298 g/mol. The largest absolute Gasteiger partial charge is 0.309 e. The van der Waals surface area contributed by atoms with Crippen LogP contribution in [0.4, 0.5) is 5.69 Å². The van der Waals surface area contributed by atoms with Gasteiger partial charge in [0.15, 0.2) is 0 Å². The molecular formula is C20H27N3O. The SMILES string of the molecule is Cc1nn(C)c(C)c1[C@H](C)C(=O)N(c1ccccc1)C1CCCC1. The monoisotopic (exact) mass is 325 g/mol. The molecule has 0 radical (unpaired) electrons. The van der Waals surface area contributed by atoms with Crippen molar-refractivity contribution in [2.75, 3.05) is 4.90 Å². The maximum Gasteiger partial charge on any atom is 0.234 e. The van der Waals surface area contributed by atoms with Crippen molar-refractivity contribution in [1.82, 2.24) is 9.78 Å². The topological polar surface area (TPSA) is 38.1 Å². The van der Waals surface area contributed by atoms with Crippen LogP contribution in [-0.4, -0.2) is 21.7 Å². The summed E-state index contributed by atoms with van der Waals surface area (Å²) in [6.45, 7) is 6.06. The molecule has 1 heterocycles. The molecule has 0 N–H and O–H groups in total. The van der Waals surface area contributed by atoms with E-state index in [1.54, 1.807) is 0 Å². The Morgan fingerprint density at radius 1 is 1.21 bits per heavy atom. The summed E-state index contributed by atoms with van der Waals surface area (Å²) in [7, 11) is 1.94. The third-order valence-electron chi connectivity index (χ3n) is 5.33. The number of anilines is 1. The minimum atomic E-state index is -0.181. The Labute approximate surface area is 144 Å². The van der Waals surface area contributed by atoms with Gasteiger partial charge in [-0.25, -0.2) is 0 Å². The lowest BCUT2D eigenvalue weighted by Crippen LogP contribution is -2.41. The van der Waals surface area contributed by atoms with Crippen molar-refractivity contribution >= 4 is 11.6 Å². The van der Waals surface area contributed by atoms with Crippen LogP contribution in [-0.2, 0) is 11.8 Å². The van der Waals surface area contributed by atoms with Gasteiger partial charge in [0.25, 0.3) is 0 Å². The van der Waals surface area contributed by atoms with Crippen molar-refractivity contribution in [2.24, 2.45) is 7.05 Å². The Balaban J connectivity index is 1.96. The molecule has 1 aliphatic carbocycles. The maximum atomic E-state index is 13.4. The number of hydrogen-bond acceptors (Lipinski definition) is 2. The first-order valence-corrected chi connectivity index (χ1v) is 8.89. The lowest BCUT2D eigenvalue weighted by atomic mass is 9.96. The van der Waals surface area contributed by atoms with Crippen molar-refractivity contribution in [3.05, 3.63) is 47.3 Å². The highest BCUT2D eigenvalue weighted by Crippen LogP contribution is 2.33. The van der Waals surface area contributed by atoms with Gasteiger partial charge in [-0.3, -0.25) is 9.48 Å². The van der Waals surface area contributed by atoms with E-state index in [1.165, 1.54) is 12.8 Å². The zero-order valence-corrected chi connectivity index (χ0v) is 15.1. The highest BCUT2D eigenvalue weighted by Gasteiger charge is 2.33. The van der Waals surface area contributed by atoms with Gasteiger partial charge < -0.3 is 4.90 Å². The first-order chi connectivity index (χ1) is 11.5. The van der Waals surface area contributed by atoms with Crippen LogP contribution in [0.2, 0.25) is 0 Å². The molecule has 1 aromatic heterocycles. The first kappa shape index (κ1) is 16.7. The normalized spacial score (nSPS) is 16.3. The molecule has 3 rings (SSSR count). The lowest BCUT2D eigenvalue weighted by Gasteiger charge is -2.31. The van der Waals surface area contributed by atoms with E-state index in [2.05, 4.69) is 5.10 Å². The zero-order valence-electron chi connectivity index (χ0n) is 15.1. The number of aryl methyl sites for hydroxylation is 2. The summed E-state index contributed by atoms with van der Waals surface area (Å²) in [6.07, 6.45) is 4.61. The Hall–Kier alpha value is -2.10. The summed E-state index contributed by atoms with van der Waals surface area (Å²) in [5, 5.41) is 4.49. The fraction of sp³-hybridized carbons (Fsp3) is 0.500. The third-order valence-corrected chi connectivity index (χ3v) is 5.33. The van der Waals surface area contributed by atoms with Crippen molar-refractivity contribution in [3.8, 4) is 0 Å². The smallest absolute Gasteiger partial charge is 0.234 e. The van der Waals surface area contributed by atoms with Gasteiger partial charge in [0.05, 0.1) is 11.6 Å². The van der Waals surface area contributed by atoms with E-state index in [1.807, 2.05) is 67.7 Å². The van der Waals surface area contributed by atoms with Gasteiger partial charge in [-0.2, -0.15) is 5.10 Å². The van der Waals surface area contributed by atoms with Crippen LogP contribution in [0.15, 0.2) is 30.3 Å². The highest BCUT2D eigenvalue weighted by molar-refractivity contribution is 5.98. The van der Waals surface area contributed by atoms with Crippen LogP contribution in [0.3, 0.4) is 0 Å². The molecule has 0 spiro atoms. The van der Waals surface area contributed by atoms with E-state index in [-0.39, 0.29) is 11.8 Å². The summed E-state index contributed by atoms with van der Waals surface area (Å²) in [5.41, 5.74) is 4.12. The number of carbonyl (C=O) groups excluding carboxylic acids is 1. The molecule has 0 aliphatic heterocycles. The molecule has 0 saturated heterocycles. The molecule has 2 aromatic rings. The predicted molar refractivity (Wildman–Crippen MR) is 97.3 cm³/mol. The second-order valence-electron chi connectivity index (χ2n) is 6.91. The summed E-state index contributed by atoms with van der Waals surface area (Å²) < 4.78 is 1.87. The van der Waals surface area contributed by atoms with E-state index in [0.29, 0.717) is 6.04 Å². The molecule has 4 heteroatoms. The second kappa shape index (κ2) is 6.80. The molecule has 1 aromatic carbocycles. The Morgan fingerprint density at radius 2 is 1.83 bits per heavy atom. The Morgan fingerprint density at radius 3 is 2.38 bits per heavy atom. The van der Waals surface area contributed by atoms with Crippen molar-refractivity contribution in [1.29, 1.82) is 0 Å². The number of aromatic nitrogens is 2. The van der Waals surface area contributed by atoms with Gasteiger partial charge in [-0.05, 0) is 45.7 Å². The van der Waals surface area contributed by atoms with Crippen LogP contribution >= 0.6 is 0 Å². The Bertz CT molecular complexity index is 714. The van der Waals surface area contributed by atoms with Gasteiger partial charge in [-0.1, -0.05) is 31.0 Å². The van der Waals surface area contributed by atoms with Gasteiger partial charge in [-0.15, -0.1) is 0 Å². The molecule has 24 heavy (non-hydrogen) atoms. The number of nitrogens with zero attached hydrogens (tertiary/aromatic N) is 3. The predicted octanol–water partition coefficient (Wildman–Crippen LogP) is 4.12. The van der Waals surface area contributed by atoms with Gasteiger partial charge in [0.2, 0.25) is 5.91 Å². The van der Waals surface area contributed by atoms with Crippen LogP contribution in [0.5, 0.6) is 0 Å². The van der Waals surface area contributed by atoms with Crippen molar-refractivity contribution < 1.29 is 4.79 Å². The maximum absolute atomic E-state index is 13.4. The standard InChI is InChI=1S/C20H27N3O/c1-14(19-15(2)21-22(4)16(19)3)20(24)23(18-12-8-9-13-18)17-10-6-5-7-11-17/h5-7,10-11,14,18H,8-9,12-13H2,1-4H3/t14-/m0/s1. The van der Waals surface area contributed by atoms with Crippen LogP contribution < -0.4 is 4.90 Å². The van der Waals surface area contributed by atoms with E-state index < -0.39 is 0 Å². The molecule has 1 saturated carbocycles. The van der Waals surface area contributed by atoms with Crippen molar-refractivity contribution in [3.63, 3.8) is 0 Å². The van der Waals surface area contributed by atoms with Gasteiger partial charge >= 0.3 is 0 Å². The van der Waals surface area contributed by atoms with E-state index in [9.17, 15) is 4.79 Å². The van der Waals surface area contributed by atoms with Crippen molar-refractivity contribution in [2.45, 2.75) is 58.4 Å². The molecule has 1 aliphatic rings. The van der Waals surface area contributed by atoms with Gasteiger partial charge in [0.1, 0.15) is 0 Å². The fourth-order valence-electron chi connectivity index (χ4n) is 4.02. The van der Waals surface area contributed by atoms with Crippen LogP contribution in [0, 0.1) is 13.8 Å². The summed E-state index contributed by atoms with van der Waals surface area (Å²) in [6, 6.07) is 10.4. The molecule has 1 atom stereocenters. The number of hydrogen-bond donors (Lipinski definition) is 0.